The van der Waals surface area contributed by atoms with E-state index in [9.17, 15) is 21.6 Å². The molecule has 10 heteroatoms. The maximum absolute atomic E-state index is 12.3. The Kier molecular flexibility index (Phi) is 6.49. The van der Waals surface area contributed by atoms with Gasteiger partial charge in [-0.05, 0) is 49.7 Å². The molecule has 164 valence electrons. The number of hydrogen-bond acceptors (Lipinski definition) is 6. The molecule has 0 saturated carbocycles. The van der Waals surface area contributed by atoms with Crippen LogP contribution >= 0.6 is 0 Å². The molecule has 0 bridgehead atoms. The maximum Gasteiger partial charge on any atom is 0.573 e. The van der Waals surface area contributed by atoms with Gasteiger partial charge in [0.1, 0.15) is 17.9 Å². The van der Waals surface area contributed by atoms with E-state index in [1.165, 1.54) is 30.6 Å². The van der Waals surface area contributed by atoms with Gasteiger partial charge < -0.3 is 10.1 Å². The topological polar surface area (TPSA) is 81.2 Å². The number of halogens is 3. The Morgan fingerprint density at radius 1 is 1.00 bits per heavy atom. The minimum absolute atomic E-state index is 0.0831. The summed E-state index contributed by atoms with van der Waals surface area (Å²) in [5, 5.41) is 3.04. The molecule has 1 aromatic heterocycles. The van der Waals surface area contributed by atoms with E-state index < -0.39 is 16.2 Å². The Morgan fingerprint density at radius 2 is 1.65 bits per heavy atom. The van der Waals surface area contributed by atoms with Gasteiger partial charge in [-0.25, -0.2) is 18.4 Å². The van der Waals surface area contributed by atoms with E-state index in [1.807, 2.05) is 6.92 Å². The van der Waals surface area contributed by atoms with Crippen molar-refractivity contribution in [3.05, 3.63) is 60.4 Å². The number of anilines is 2. The molecular formula is C21H20F3N3O3S. The molecule has 2 aromatic carbocycles. The third-order valence-corrected chi connectivity index (χ3v) is 6.33. The van der Waals surface area contributed by atoms with Crippen molar-refractivity contribution in [1.29, 1.82) is 0 Å². The average Bonchev–Trinajstić information content (AvgIpc) is 2.70. The van der Waals surface area contributed by atoms with Crippen LogP contribution < -0.4 is 10.1 Å². The van der Waals surface area contributed by atoms with Crippen molar-refractivity contribution in [1.82, 2.24) is 9.97 Å². The van der Waals surface area contributed by atoms with Crippen LogP contribution in [0.5, 0.6) is 5.75 Å². The van der Waals surface area contributed by atoms with Gasteiger partial charge in [-0.3, -0.25) is 0 Å². The number of aromatic nitrogens is 2. The van der Waals surface area contributed by atoms with Crippen LogP contribution in [0.3, 0.4) is 0 Å². The van der Waals surface area contributed by atoms with Crippen LogP contribution in [0.2, 0.25) is 0 Å². The van der Waals surface area contributed by atoms with Crippen molar-refractivity contribution in [2.24, 2.45) is 0 Å². The monoisotopic (exact) mass is 451 g/mol. The van der Waals surface area contributed by atoms with Crippen LogP contribution in [0.25, 0.3) is 11.3 Å². The fourth-order valence-corrected chi connectivity index (χ4v) is 4.27. The van der Waals surface area contributed by atoms with Crippen LogP contribution in [0, 0.1) is 6.92 Å². The SMILES string of the molecule is CCCS(=O)(=O)c1ccc(-c2ncnc(Nc3ccc(OC(F)(F)F)cc3)c2C)cc1. The van der Waals surface area contributed by atoms with Gasteiger partial charge in [0.15, 0.2) is 9.84 Å². The highest BCUT2D eigenvalue weighted by molar-refractivity contribution is 7.91. The van der Waals surface area contributed by atoms with E-state index in [-0.39, 0.29) is 16.4 Å². The first-order chi connectivity index (χ1) is 14.6. The summed E-state index contributed by atoms with van der Waals surface area (Å²) >= 11 is 0. The third-order valence-electron chi connectivity index (χ3n) is 4.39. The van der Waals surface area contributed by atoms with Gasteiger partial charge in [0, 0.05) is 16.8 Å². The first kappa shape index (κ1) is 22.5. The van der Waals surface area contributed by atoms with Crippen LogP contribution in [-0.2, 0) is 9.84 Å². The second-order valence-electron chi connectivity index (χ2n) is 6.74. The molecule has 0 aliphatic rings. The predicted octanol–water partition coefficient (Wildman–Crippen LogP) is 5.28. The molecule has 0 spiro atoms. The number of nitrogens with one attached hydrogen (secondary N) is 1. The number of benzene rings is 2. The van der Waals surface area contributed by atoms with Crippen molar-refractivity contribution >= 4 is 21.3 Å². The smallest absolute Gasteiger partial charge is 0.406 e. The van der Waals surface area contributed by atoms with Crippen molar-refractivity contribution in [2.45, 2.75) is 31.5 Å². The summed E-state index contributed by atoms with van der Waals surface area (Å²) in [6.07, 6.45) is -2.86. The number of ether oxygens (including phenoxy) is 1. The largest absolute Gasteiger partial charge is 0.573 e. The summed E-state index contributed by atoms with van der Waals surface area (Å²) in [5.74, 6) is 0.230. The zero-order chi connectivity index (χ0) is 22.6. The van der Waals surface area contributed by atoms with Crippen molar-refractivity contribution < 1.29 is 26.3 Å². The first-order valence-corrected chi connectivity index (χ1v) is 11.0. The first-order valence-electron chi connectivity index (χ1n) is 9.36. The van der Waals surface area contributed by atoms with E-state index in [4.69, 9.17) is 0 Å². The average molecular weight is 451 g/mol. The van der Waals surface area contributed by atoms with Gasteiger partial charge in [0.05, 0.1) is 16.3 Å². The molecule has 3 aromatic rings. The normalized spacial score (nSPS) is 11.9. The van der Waals surface area contributed by atoms with E-state index in [0.29, 0.717) is 34.7 Å². The zero-order valence-corrected chi connectivity index (χ0v) is 17.6. The lowest BCUT2D eigenvalue weighted by Crippen LogP contribution is -2.17. The standard InChI is InChI=1S/C21H20F3N3O3S/c1-3-12-31(28,29)18-10-4-15(5-11-18)19-14(2)20(26-13-25-19)27-16-6-8-17(9-7-16)30-21(22,23)24/h4-11,13H,3,12H2,1-2H3,(H,25,26,27). The van der Waals surface area contributed by atoms with Crippen molar-refractivity contribution in [3.63, 3.8) is 0 Å². The van der Waals surface area contributed by atoms with Gasteiger partial charge in [-0.2, -0.15) is 0 Å². The number of hydrogen-bond donors (Lipinski definition) is 1. The van der Waals surface area contributed by atoms with Crippen LogP contribution in [-0.4, -0.2) is 30.5 Å². The molecule has 0 amide bonds. The minimum atomic E-state index is -4.75. The van der Waals surface area contributed by atoms with E-state index in [0.717, 1.165) is 0 Å². The fraction of sp³-hybridized carbons (Fsp3) is 0.238. The second kappa shape index (κ2) is 8.93. The summed E-state index contributed by atoms with van der Waals surface area (Å²) in [7, 11) is -3.31. The fourth-order valence-electron chi connectivity index (χ4n) is 2.95. The zero-order valence-electron chi connectivity index (χ0n) is 16.8. The molecule has 0 aliphatic heterocycles. The molecule has 0 atom stereocenters. The van der Waals surface area contributed by atoms with Crippen molar-refractivity contribution in [2.75, 3.05) is 11.1 Å². The predicted molar refractivity (Wildman–Crippen MR) is 111 cm³/mol. The summed E-state index contributed by atoms with van der Waals surface area (Å²) in [6, 6.07) is 11.7. The lowest BCUT2D eigenvalue weighted by atomic mass is 10.1. The Labute approximate surface area is 178 Å². The summed E-state index contributed by atoms with van der Waals surface area (Å²) in [6.45, 7) is 3.60. The van der Waals surface area contributed by atoms with E-state index in [2.05, 4.69) is 20.0 Å². The van der Waals surface area contributed by atoms with E-state index in [1.54, 1.807) is 31.2 Å². The summed E-state index contributed by atoms with van der Waals surface area (Å²) in [4.78, 5) is 8.74. The lowest BCUT2D eigenvalue weighted by molar-refractivity contribution is -0.274. The number of rotatable bonds is 7. The number of nitrogens with zero attached hydrogens (tertiary/aromatic N) is 2. The summed E-state index contributed by atoms with van der Waals surface area (Å²) in [5.41, 5.74) is 2.53. The number of sulfone groups is 1. The maximum atomic E-state index is 12.3. The van der Waals surface area contributed by atoms with Crippen LogP contribution in [0.15, 0.2) is 59.8 Å². The molecule has 0 radical (unpaired) electrons. The molecule has 0 fully saturated rings. The lowest BCUT2D eigenvalue weighted by Gasteiger charge is -2.13. The van der Waals surface area contributed by atoms with Crippen LogP contribution in [0.1, 0.15) is 18.9 Å². The highest BCUT2D eigenvalue weighted by Gasteiger charge is 2.31. The van der Waals surface area contributed by atoms with Gasteiger partial charge >= 0.3 is 6.36 Å². The Morgan fingerprint density at radius 3 is 2.23 bits per heavy atom. The Balaban J connectivity index is 1.82. The molecule has 31 heavy (non-hydrogen) atoms. The molecule has 6 nitrogen and oxygen atoms in total. The highest BCUT2D eigenvalue weighted by Crippen LogP contribution is 2.29. The molecule has 1 N–H and O–H groups in total. The van der Waals surface area contributed by atoms with Gasteiger partial charge in [0.25, 0.3) is 0 Å². The van der Waals surface area contributed by atoms with Gasteiger partial charge in [-0.15, -0.1) is 13.2 Å². The molecule has 0 unspecified atom stereocenters. The highest BCUT2D eigenvalue weighted by atomic mass is 32.2. The molecular weight excluding hydrogens is 431 g/mol. The molecule has 0 aliphatic carbocycles. The molecule has 0 saturated heterocycles. The number of alkyl halides is 3. The van der Waals surface area contributed by atoms with Crippen LogP contribution in [0.4, 0.5) is 24.7 Å². The minimum Gasteiger partial charge on any atom is -0.406 e. The Bertz CT molecular complexity index is 1150. The van der Waals surface area contributed by atoms with Crippen molar-refractivity contribution in [3.8, 4) is 17.0 Å². The van der Waals surface area contributed by atoms with E-state index >= 15 is 0 Å². The molecule has 1 heterocycles. The quantitative estimate of drug-likeness (QED) is 0.527. The second-order valence-corrected chi connectivity index (χ2v) is 8.85. The summed E-state index contributed by atoms with van der Waals surface area (Å²) < 4.78 is 65.1. The van der Waals surface area contributed by atoms with Gasteiger partial charge in [0.2, 0.25) is 0 Å². The van der Waals surface area contributed by atoms with Gasteiger partial charge in [-0.1, -0.05) is 19.1 Å². The third kappa shape index (κ3) is 5.72. The molecule has 3 rings (SSSR count). The Hall–Kier alpha value is -3.14.